The van der Waals surface area contributed by atoms with Gasteiger partial charge in [0.05, 0.1) is 6.42 Å². The van der Waals surface area contributed by atoms with E-state index in [1.54, 1.807) is 0 Å². The number of carbonyl (C=O) groups excluding carboxylic acids is 2. The van der Waals surface area contributed by atoms with E-state index in [1.807, 2.05) is 0 Å². The first-order valence-corrected chi connectivity index (χ1v) is 3.03. The van der Waals surface area contributed by atoms with Crippen LogP contribution in [0.3, 0.4) is 0 Å². The molecular formula is C6H6O4. The topological polar surface area (TPSA) is 55.9 Å². The van der Waals surface area contributed by atoms with E-state index < -0.39 is 11.9 Å². The van der Waals surface area contributed by atoms with E-state index in [1.165, 1.54) is 6.92 Å². The van der Waals surface area contributed by atoms with Crippen LogP contribution in [0.4, 0.5) is 0 Å². The molecule has 0 aromatic carbocycles. The van der Waals surface area contributed by atoms with Crippen LogP contribution in [0.1, 0.15) is 13.3 Å². The third-order valence-corrected chi connectivity index (χ3v) is 1.88. The lowest BCUT2D eigenvalue weighted by Crippen LogP contribution is -2.21. The summed E-state index contributed by atoms with van der Waals surface area (Å²) in [6.07, 6.45) is -0.481. The summed E-state index contributed by atoms with van der Waals surface area (Å²) in [5.74, 6) is -0.463. The second-order valence-corrected chi connectivity index (χ2v) is 2.56. The molecule has 0 N–H and O–H groups in total. The maximum absolute atomic E-state index is 10.8. The summed E-state index contributed by atoms with van der Waals surface area (Å²) in [6, 6.07) is 0. The molecule has 2 aliphatic heterocycles. The van der Waals surface area contributed by atoms with E-state index in [2.05, 4.69) is 4.74 Å². The SMILES string of the molecule is CC(=O)C12CC(=O)OC1O2. The van der Waals surface area contributed by atoms with Gasteiger partial charge in [-0.05, 0) is 6.92 Å². The second kappa shape index (κ2) is 1.40. The molecule has 0 aromatic heterocycles. The molecule has 2 rings (SSSR count). The van der Waals surface area contributed by atoms with Crippen LogP contribution in [0.5, 0.6) is 0 Å². The summed E-state index contributed by atoms with van der Waals surface area (Å²) >= 11 is 0. The van der Waals surface area contributed by atoms with E-state index in [4.69, 9.17) is 4.74 Å². The van der Waals surface area contributed by atoms with Gasteiger partial charge >= 0.3 is 5.97 Å². The Hall–Kier alpha value is -0.900. The fourth-order valence-corrected chi connectivity index (χ4v) is 1.15. The summed E-state index contributed by atoms with van der Waals surface area (Å²) in [5, 5.41) is 0. The van der Waals surface area contributed by atoms with Crippen LogP contribution in [0, 0.1) is 0 Å². The number of ether oxygens (including phenoxy) is 2. The predicted octanol–water partition coefficient (Wildman–Crippen LogP) is -0.383. The van der Waals surface area contributed by atoms with Crippen LogP contribution in [-0.4, -0.2) is 23.6 Å². The number of carbonyl (C=O) groups is 2. The lowest BCUT2D eigenvalue weighted by atomic mass is 10.0. The molecule has 0 bridgehead atoms. The molecule has 2 aliphatic rings. The standard InChI is InChI=1S/C6H6O4/c1-3(7)6-2-4(8)9-5(6)10-6/h5H,2H2,1H3. The lowest BCUT2D eigenvalue weighted by molar-refractivity contribution is -0.148. The molecule has 54 valence electrons. The first-order chi connectivity index (χ1) is 4.65. The quantitative estimate of drug-likeness (QED) is 0.370. The fourth-order valence-electron chi connectivity index (χ4n) is 1.15. The third kappa shape index (κ3) is 0.495. The minimum Gasteiger partial charge on any atom is -0.432 e. The maximum Gasteiger partial charge on any atom is 0.311 e. The van der Waals surface area contributed by atoms with Crippen molar-refractivity contribution in [3.8, 4) is 0 Å². The minimum atomic E-state index is -0.878. The summed E-state index contributed by atoms with van der Waals surface area (Å²) in [5.41, 5.74) is -0.878. The van der Waals surface area contributed by atoms with Crippen molar-refractivity contribution in [1.82, 2.24) is 0 Å². The number of fused-ring (bicyclic) bond motifs is 1. The molecule has 2 saturated heterocycles. The van der Waals surface area contributed by atoms with E-state index >= 15 is 0 Å². The van der Waals surface area contributed by atoms with Crippen LogP contribution in [-0.2, 0) is 19.1 Å². The third-order valence-electron chi connectivity index (χ3n) is 1.88. The molecule has 10 heavy (non-hydrogen) atoms. The van der Waals surface area contributed by atoms with E-state index in [0.717, 1.165) is 0 Å². The molecule has 4 nitrogen and oxygen atoms in total. The number of rotatable bonds is 1. The van der Waals surface area contributed by atoms with Crippen LogP contribution >= 0.6 is 0 Å². The molecule has 0 amide bonds. The molecule has 0 aromatic rings. The first-order valence-electron chi connectivity index (χ1n) is 3.03. The van der Waals surface area contributed by atoms with Crippen molar-refractivity contribution in [2.45, 2.75) is 25.2 Å². The van der Waals surface area contributed by atoms with Gasteiger partial charge in [0, 0.05) is 0 Å². The molecule has 0 spiro atoms. The Kier molecular flexibility index (Phi) is 0.817. The van der Waals surface area contributed by atoms with Gasteiger partial charge in [-0.25, -0.2) is 0 Å². The van der Waals surface area contributed by atoms with Gasteiger partial charge in [0.15, 0.2) is 5.78 Å². The fraction of sp³-hybridized carbons (Fsp3) is 0.667. The number of esters is 1. The Morgan fingerprint density at radius 3 is 2.80 bits per heavy atom. The minimum absolute atomic E-state index is 0.0903. The number of Topliss-reactive ketones (excluding diaryl/α,β-unsaturated/α-hetero) is 1. The molecule has 0 radical (unpaired) electrons. The van der Waals surface area contributed by atoms with Crippen LogP contribution in [0.25, 0.3) is 0 Å². The van der Waals surface area contributed by atoms with E-state index in [-0.39, 0.29) is 18.2 Å². The van der Waals surface area contributed by atoms with Crippen molar-refractivity contribution in [3.05, 3.63) is 0 Å². The highest BCUT2D eigenvalue weighted by atomic mass is 16.8. The average molecular weight is 142 g/mol. The zero-order chi connectivity index (χ0) is 7.35. The van der Waals surface area contributed by atoms with Crippen LogP contribution in [0.2, 0.25) is 0 Å². The Bertz CT molecular complexity index is 222. The average Bonchev–Trinajstić information content (AvgIpc) is 2.37. The van der Waals surface area contributed by atoms with Gasteiger partial charge < -0.3 is 9.47 Å². The number of epoxide rings is 1. The number of hydrogen-bond acceptors (Lipinski definition) is 4. The molecule has 4 heteroatoms. The van der Waals surface area contributed by atoms with Crippen LogP contribution in [0.15, 0.2) is 0 Å². The van der Waals surface area contributed by atoms with Crippen molar-refractivity contribution in [3.63, 3.8) is 0 Å². The van der Waals surface area contributed by atoms with Crippen molar-refractivity contribution >= 4 is 11.8 Å². The summed E-state index contributed by atoms with van der Waals surface area (Å²) < 4.78 is 9.50. The predicted molar refractivity (Wildman–Crippen MR) is 29.0 cm³/mol. The summed E-state index contributed by atoms with van der Waals surface area (Å²) in [6.45, 7) is 1.40. The highest BCUT2D eigenvalue weighted by Crippen LogP contribution is 2.46. The highest BCUT2D eigenvalue weighted by Gasteiger charge is 2.69. The number of hydrogen-bond donors (Lipinski definition) is 0. The largest absolute Gasteiger partial charge is 0.432 e. The molecule has 2 atom stereocenters. The Balaban J connectivity index is 2.23. The van der Waals surface area contributed by atoms with Gasteiger partial charge in [-0.1, -0.05) is 0 Å². The van der Waals surface area contributed by atoms with Crippen molar-refractivity contribution in [2.75, 3.05) is 0 Å². The second-order valence-electron chi connectivity index (χ2n) is 2.56. The van der Waals surface area contributed by atoms with Gasteiger partial charge in [-0.15, -0.1) is 0 Å². The highest BCUT2D eigenvalue weighted by molar-refractivity contribution is 5.95. The Labute approximate surface area is 57.1 Å². The smallest absolute Gasteiger partial charge is 0.311 e. The molecule has 0 saturated carbocycles. The van der Waals surface area contributed by atoms with Gasteiger partial charge in [-0.2, -0.15) is 0 Å². The Morgan fingerprint density at radius 2 is 2.50 bits per heavy atom. The van der Waals surface area contributed by atoms with E-state index in [9.17, 15) is 9.59 Å². The monoisotopic (exact) mass is 142 g/mol. The lowest BCUT2D eigenvalue weighted by Gasteiger charge is -1.95. The van der Waals surface area contributed by atoms with Gasteiger partial charge in [-0.3, -0.25) is 9.59 Å². The van der Waals surface area contributed by atoms with Gasteiger partial charge in [0.2, 0.25) is 11.9 Å². The molecule has 0 aliphatic carbocycles. The van der Waals surface area contributed by atoms with Crippen molar-refractivity contribution < 1.29 is 19.1 Å². The van der Waals surface area contributed by atoms with Gasteiger partial charge in [0.25, 0.3) is 0 Å². The molecule has 2 unspecified atom stereocenters. The maximum atomic E-state index is 10.8. The summed E-state index contributed by atoms with van der Waals surface area (Å²) in [7, 11) is 0. The molecule has 2 fully saturated rings. The first kappa shape index (κ1) is 5.85. The summed E-state index contributed by atoms with van der Waals surface area (Å²) in [4.78, 5) is 21.3. The molecule has 2 heterocycles. The van der Waals surface area contributed by atoms with Crippen molar-refractivity contribution in [1.29, 1.82) is 0 Å². The molecular weight excluding hydrogens is 136 g/mol. The van der Waals surface area contributed by atoms with E-state index in [0.29, 0.717) is 0 Å². The zero-order valence-electron chi connectivity index (χ0n) is 5.42. The van der Waals surface area contributed by atoms with Crippen molar-refractivity contribution in [2.24, 2.45) is 0 Å². The van der Waals surface area contributed by atoms with Crippen LogP contribution < -0.4 is 0 Å². The van der Waals surface area contributed by atoms with Gasteiger partial charge in [0.1, 0.15) is 0 Å². The number of ketones is 1. The Morgan fingerprint density at radius 1 is 1.80 bits per heavy atom. The zero-order valence-corrected chi connectivity index (χ0v) is 5.42. The normalized spacial score (nSPS) is 42.5.